The van der Waals surface area contributed by atoms with Gasteiger partial charge in [-0.2, -0.15) is 0 Å². The zero-order chi connectivity index (χ0) is 11.1. The third kappa shape index (κ3) is 4.40. The smallest absolute Gasteiger partial charge is 0.281 e. The number of nitrogens with zero attached hydrogens (tertiary/aromatic N) is 2. The molecule has 0 heterocycles. The molecule has 1 unspecified atom stereocenters. The van der Waals surface area contributed by atoms with Crippen molar-refractivity contribution in [3.05, 3.63) is 11.2 Å². The van der Waals surface area contributed by atoms with Gasteiger partial charge in [-0.05, 0) is 20.8 Å². The van der Waals surface area contributed by atoms with Gasteiger partial charge >= 0.3 is 0 Å². The van der Waals surface area contributed by atoms with E-state index in [1.54, 1.807) is 6.92 Å². The third-order valence-corrected chi connectivity index (χ3v) is 2.06. The van der Waals surface area contributed by atoms with Crippen LogP contribution >= 0.6 is 0 Å². The van der Waals surface area contributed by atoms with E-state index in [4.69, 9.17) is 5.14 Å². The van der Waals surface area contributed by atoms with Crippen LogP contribution in [-0.2, 0) is 16.2 Å². The van der Waals surface area contributed by atoms with Gasteiger partial charge in [0.1, 0.15) is 0 Å². The van der Waals surface area contributed by atoms with Crippen molar-refractivity contribution in [1.82, 2.24) is 4.90 Å². The van der Waals surface area contributed by atoms with Gasteiger partial charge in [-0.3, -0.25) is 4.79 Å². The van der Waals surface area contributed by atoms with Crippen LogP contribution in [0.5, 0.6) is 0 Å². The molecule has 1 atom stereocenters. The fourth-order valence-corrected chi connectivity index (χ4v) is 1.13. The van der Waals surface area contributed by atoms with Crippen LogP contribution in [0.25, 0.3) is 0 Å². The summed E-state index contributed by atoms with van der Waals surface area (Å²) in [7, 11) is 0. The summed E-state index contributed by atoms with van der Waals surface area (Å²) in [6.45, 7) is 5.34. The second-order valence-electron chi connectivity index (χ2n) is 2.80. The van der Waals surface area contributed by atoms with E-state index in [9.17, 15) is 9.35 Å². The molecule has 0 aromatic carbocycles. The first kappa shape index (κ1) is 13.2. The average Bonchev–Trinajstić information content (AvgIpc) is 2.11. The number of amides is 1. The number of carbonyl (C=O) groups is 1. The van der Waals surface area contributed by atoms with Gasteiger partial charge in [-0.15, -0.1) is 5.14 Å². The summed E-state index contributed by atoms with van der Waals surface area (Å²) in [6.07, 6.45) is 3.50. The first-order chi connectivity index (χ1) is 6.52. The standard InChI is InChI=1S/C8H15N3O2S/c1-4-10-8(14(9)13)5-11(6-12)7(2)3/h4-7H,9H2,1-3H3/b8-5+,10-4-. The van der Waals surface area contributed by atoms with Gasteiger partial charge in [0.15, 0.2) is 0 Å². The van der Waals surface area contributed by atoms with Crippen LogP contribution in [0, 0.1) is 0 Å². The van der Waals surface area contributed by atoms with Crippen molar-refractivity contribution in [2.45, 2.75) is 26.8 Å². The molecule has 0 saturated carbocycles. The van der Waals surface area contributed by atoms with Crippen molar-refractivity contribution < 1.29 is 9.35 Å². The number of rotatable bonds is 5. The predicted octanol–water partition coefficient (Wildman–Crippen LogP) is 0.365. The first-order valence-corrected chi connectivity index (χ1v) is 5.33. The largest absolute Gasteiger partial charge is 0.592 e. The van der Waals surface area contributed by atoms with E-state index in [1.165, 1.54) is 17.3 Å². The number of hydrogen-bond donors (Lipinski definition) is 1. The van der Waals surface area contributed by atoms with E-state index in [-0.39, 0.29) is 11.1 Å². The van der Waals surface area contributed by atoms with Crippen LogP contribution in [0.15, 0.2) is 16.2 Å². The summed E-state index contributed by atoms with van der Waals surface area (Å²) >= 11 is -1.68. The lowest BCUT2D eigenvalue weighted by atomic mass is 10.4. The highest BCUT2D eigenvalue weighted by atomic mass is 32.2. The summed E-state index contributed by atoms with van der Waals surface area (Å²) in [4.78, 5) is 15.8. The molecule has 6 heteroatoms. The normalized spacial score (nSPS) is 14.9. The summed E-state index contributed by atoms with van der Waals surface area (Å²) in [5.41, 5.74) is 0. The topological polar surface area (TPSA) is 81.8 Å². The Balaban J connectivity index is 4.77. The quantitative estimate of drug-likeness (QED) is 0.410. The van der Waals surface area contributed by atoms with Crippen LogP contribution in [-0.4, -0.2) is 28.1 Å². The molecule has 0 aliphatic rings. The third-order valence-electron chi connectivity index (χ3n) is 1.44. The molecule has 80 valence electrons. The molecule has 0 aliphatic carbocycles. The molecule has 0 aliphatic heterocycles. The van der Waals surface area contributed by atoms with Crippen LogP contribution < -0.4 is 5.14 Å². The lowest BCUT2D eigenvalue weighted by Crippen LogP contribution is -2.26. The number of hydrogen-bond acceptors (Lipinski definition) is 4. The molecule has 0 rings (SSSR count). The zero-order valence-electron chi connectivity index (χ0n) is 8.51. The van der Waals surface area contributed by atoms with Gasteiger partial charge < -0.3 is 9.45 Å². The van der Waals surface area contributed by atoms with Crippen LogP contribution in [0.4, 0.5) is 0 Å². The summed E-state index contributed by atoms with van der Waals surface area (Å²) < 4.78 is 11.0. The Morgan fingerprint density at radius 3 is 2.50 bits per heavy atom. The second kappa shape index (κ2) is 6.58. The van der Waals surface area contributed by atoms with Gasteiger partial charge in [0.05, 0.1) is 17.6 Å². The number of carbonyl (C=O) groups excluding carboxylic acids is 1. The van der Waals surface area contributed by atoms with Crippen LogP contribution in [0.3, 0.4) is 0 Å². The van der Waals surface area contributed by atoms with Crippen LogP contribution in [0.1, 0.15) is 20.8 Å². The maximum Gasteiger partial charge on any atom is 0.281 e. The Morgan fingerprint density at radius 1 is 1.64 bits per heavy atom. The highest BCUT2D eigenvalue weighted by molar-refractivity contribution is 7.93. The minimum atomic E-state index is -1.68. The molecular formula is C8H15N3O2S. The second-order valence-corrected chi connectivity index (χ2v) is 3.81. The highest BCUT2D eigenvalue weighted by Crippen LogP contribution is 2.06. The molecule has 0 bridgehead atoms. The van der Waals surface area contributed by atoms with Gasteiger partial charge in [0, 0.05) is 12.3 Å². The summed E-state index contributed by atoms with van der Waals surface area (Å²) in [5, 5.41) is 5.35. The lowest BCUT2D eigenvalue weighted by Gasteiger charge is -2.16. The van der Waals surface area contributed by atoms with Gasteiger partial charge in [-0.1, -0.05) is 0 Å². The Hall–Kier alpha value is -0.850. The molecule has 0 aromatic heterocycles. The molecule has 0 spiro atoms. The Labute approximate surface area is 87.0 Å². The van der Waals surface area contributed by atoms with Crippen LogP contribution in [0.2, 0.25) is 0 Å². The average molecular weight is 217 g/mol. The monoisotopic (exact) mass is 217 g/mol. The molecule has 1 amide bonds. The van der Waals surface area contributed by atoms with Crippen molar-refractivity contribution in [3.8, 4) is 0 Å². The molecule has 0 saturated heterocycles. The lowest BCUT2D eigenvalue weighted by molar-refractivity contribution is -0.117. The molecule has 2 N–H and O–H groups in total. The van der Waals surface area contributed by atoms with Gasteiger partial charge in [0.2, 0.25) is 6.41 Å². The zero-order valence-corrected chi connectivity index (χ0v) is 9.32. The first-order valence-electron chi connectivity index (χ1n) is 4.12. The van der Waals surface area contributed by atoms with Crippen molar-refractivity contribution >= 4 is 24.0 Å². The number of aliphatic imine (C=N–C) groups is 1. The predicted molar refractivity (Wildman–Crippen MR) is 57.6 cm³/mol. The van der Waals surface area contributed by atoms with E-state index >= 15 is 0 Å². The summed E-state index contributed by atoms with van der Waals surface area (Å²) in [6, 6.07) is -0.0156. The maximum absolute atomic E-state index is 11.0. The summed E-state index contributed by atoms with van der Waals surface area (Å²) in [5.74, 6) is 0. The van der Waals surface area contributed by atoms with Crippen molar-refractivity contribution in [3.63, 3.8) is 0 Å². The molecule has 14 heavy (non-hydrogen) atoms. The van der Waals surface area contributed by atoms with Crippen molar-refractivity contribution in [2.24, 2.45) is 10.1 Å². The Bertz CT molecular complexity index is 239. The van der Waals surface area contributed by atoms with Gasteiger partial charge in [-0.25, -0.2) is 4.99 Å². The number of nitrogens with two attached hydrogens (primary N) is 1. The Kier molecular flexibility index (Phi) is 6.18. The highest BCUT2D eigenvalue weighted by Gasteiger charge is 2.12. The fourth-order valence-electron chi connectivity index (χ4n) is 0.693. The van der Waals surface area contributed by atoms with Crippen molar-refractivity contribution in [1.29, 1.82) is 0 Å². The minimum absolute atomic E-state index is 0.0156. The maximum atomic E-state index is 11.0. The minimum Gasteiger partial charge on any atom is -0.592 e. The fraction of sp³-hybridized carbons (Fsp3) is 0.500. The molecule has 0 fully saturated rings. The molecule has 0 aromatic rings. The molecule has 0 radical (unpaired) electrons. The van der Waals surface area contributed by atoms with E-state index in [0.717, 1.165) is 0 Å². The molecular weight excluding hydrogens is 202 g/mol. The molecule has 5 nitrogen and oxygen atoms in total. The van der Waals surface area contributed by atoms with E-state index < -0.39 is 11.4 Å². The van der Waals surface area contributed by atoms with Gasteiger partial charge in [0.25, 0.3) is 5.03 Å². The van der Waals surface area contributed by atoms with E-state index in [1.807, 2.05) is 13.8 Å². The Morgan fingerprint density at radius 2 is 2.21 bits per heavy atom. The SMILES string of the molecule is C/C=N\C(=C/N(C=O)C(C)C)[S+](N)[O-]. The van der Waals surface area contributed by atoms with E-state index in [2.05, 4.69) is 4.99 Å². The van der Waals surface area contributed by atoms with Crippen molar-refractivity contribution in [2.75, 3.05) is 0 Å². The van der Waals surface area contributed by atoms with E-state index in [0.29, 0.717) is 6.41 Å².